The number of carbonyl (C=O) groups excluding carboxylic acids is 2. The van der Waals surface area contributed by atoms with E-state index in [1.54, 1.807) is 6.07 Å². The molecular weight excluding hydrogens is 847 g/mol. The van der Waals surface area contributed by atoms with E-state index in [9.17, 15) is 48.8 Å². The van der Waals surface area contributed by atoms with Crippen molar-refractivity contribution in [3.05, 3.63) is 115 Å². The number of rotatable bonds is 11. The summed E-state index contributed by atoms with van der Waals surface area (Å²) in [6, 6.07) is 16.0. The van der Waals surface area contributed by atoms with Crippen LogP contribution in [0.4, 0.5) is 0 Å². The van der Waals surface area contributed by atoms with Crippen LogP contribution in [0.25, 0.3) is 44.4 Å². The fourth-order valence-electron chi connectivity index (χ4n) is 8.36. The maximum Gasteiger partial charge on any atom is 0.472 e. The van der Waals surface area contributed by atoms with E-state index in [2.05, 4.69) is 10.6 Å². The van der Waals surface area contributed by atoms with Gasteiger partial charge in [0.1, 0.15) is 28.4 Å². The van der Waals surface area contributed by atoms with Crippen LogP contribution in [0.15, 0.2) is 91.2 Å². The standard InChI is InChI=1S/C44H40ClN2O14P/c45-35-20-33-23(17-41(52)59-39(33)21-36(35)50)16-40(51)46-24-2-8-28(9-3-24)60-62(56,57)61-29-10-4-25(5-11-29)47-43(53)22-1-12-30(44(54)55)34(15-22)42-31-13-6-26(48)18-37(31)58-38-19-27(49)7-14-32(38)42/h1,6-7,12-15,17-21,24-25,28-29,48,50H,2-5,8-11,16H2,(H,46,51)(H,47,53)(H,54,55)(H,56,57). The number of carboxylic acids is 1. The molecule has 1 aromatic heterocycles. The molecule has 2 fully saturated rings. The fourth-order valence-corrected chi connectivity index (χ4v) is 9.75. The molecule has 2 heterocycles. The van der Waals surface area contributed by atoms with Gasteiger partial charge in [0, 0.05) is 63.8 Å². The lowest BCUT2D eigenvalue weighted by molar-refractivity contribution is -0.121. The van der Waals surface area contributed by atoms with Crippen LogP contribution in [0, 0.1) is 0 Å². The van der Waals surface area contributed by atoms with E-state index in [0.29, 0.717) is 78.8 Å². The van der Waals surface area contributed by atoms with Crippen LogP contribution >= 0.6 is 19.4 Å². The van der Waals surface area contributed by atoms with E-state index in [4.69, 9.17) is 29.5 Å². The van der Waals surface area contributed by atoms with Crippen molar-refractivity contribution >= 4 is 59.1 Å². The van der Waals surface area contributed by atoms with Crippen molar-refractivity contribution in [2.75, 3.05) is 0 Å². The van der Waals surface area contributed by atoms with Gasteiger partial charge in [0.25, 0.3) is 5.91 Å². The smallest absolute Gasteiger partial charge is 0.472 e. The summed E-state index contributed by atoms with van der Waals surface area (Å²) in [6.07, 6.45) is 1.96. The zero-order chi connectivity index (χ0) is 43.9. The zero-order valence-electron chi connectivity index (χ0n) is 32.8. The van der Waals surface area contributed by atoms with Gasteiger partial charge in [-0.05, 0) is 111 Å². The van der Waals surface area contributed by atoms with Crippen molar-refractivity contribution in [2.24, 2.45) is 0 Å². The highest BCUT2D eigenvalue weighted by molar-refractivity contribution is 7.47. The van der Waals surface area contributed by atoms with E-state index >= 15 is 0 Å². The molecule has 2 amide bonds. The number of phosphoric acid groups is 1. The maximum absolute atomic E-state index is 13.6. The number of carbonyl (C=O) groups is 3. The van der Waals surface area contributed by atoms with Crippen LogP contribution in [0.1, 0.15) is 77.6 Å². The Kier molecular flexibility index (Phi) is 12.0. The highest BCUT2D eigenvalue weighted by Gasteiger charge is 2.35. The number of carboxylic acid groups (broad SMARTS) is 1. The van der Waals surface area contributed by atoms with Crippen molar-refractivity contribution in [1.82, 2.24) is 10.6 Å². The Morgan fingerprint density at radius 1 is 0.742 bits per heavy atom. The number of phenolic OH excluding ortho intramolecular Hbond substituents is 2. The molecule has 322 valence electrons. The van der Waals surface area contributed by atoms with Gasteiger partial charge in [-0.15, -0.1) is 0 Å². The fraction of sp³-hybridized carbons (Fsp3) is 0.295. The molecule has 6 N–H and O–H groups in total. The van der Waals surface area contributed by atoms with Crippen LogP contribution in [0.5, 0.6) is 11.5 Å². The van der Waals surface area contributed by atoms with Gasteiger partial charge in [0.15, 0.2) is 5.43 Å². The number of hydrogen-bond donors (Lipinski definition) is 6. The van der Waals surface area contributed by atoms with Gasteiger partial charge in [-0.3, -0.25) is 23.4 Å². The predicted molar refractivity (Wildman–Crippen MR) is 226 cm³/mol. The average Bonchev–Trinajstić information content (AvgIpc) is 3.21. The molecule has 4 aliphatic rings. The lowest BCUT2D eigenvalue weighted by Gasteiger charge is -2.32. The van der Waals surface area contributed by atoms with Gasteiger partial charge in [-0.1, -0.05) is 11.6 Å². The normalized spacial score (nSPS) is 20.2. The minimum absolute atomic E-state index is 0.0455. The molecule has 0 bridgehead atoms. The largest absolute Gasteiger partial charge is 0.508 e. The number of phenols is 2. The van der Waals surface area contributed by atoms with Crippen LogP contribution in [-0.4, -0.2) is 62.3 Å². The third-order valence-corrected chi connectivity index (χ3v) is 12.8. The van der Waals surface area contributed by atoms with E-state index < -0.39 is 37.5 Å². The molecule has 1 aliphatic heterocycles. The summed E-state index contributed by atoms with van der Waals surface area (Å²) in [4.78, 5) is 74.0. The zero-order valence-corrected chi connectivity index (χ0v) is 34.4. The number of fused-ring (bicyclic) bond motifs is 3. The molecule has 2 saturated carbocycles. The molecular formula is C44H40ClN2O14P. The minimum Gasteiger partial charge on any atom is -0.508 e. The SMILES string of the molecule is O=C(Cc1cc(=O)oc2cc(O)c(Cl)cc12)NC1CCC(OP(=O)(O)OC2CCC(NC(=O)c3ccc(C(=O)O)c(-c4c5ccc(=O)cc-5oc5cc(O)ccc45)c3)CC2)CC1. The number of hydrogen-bond acceptors (Lipinski definition) is 12. The molecule has 4 aromatic rings. The molecule has 0 radical (unpaired) electrons. The van der Waals surface area contributed by atoms with E-state index in [0.717, 1.165) is 0 Å². The van der Waals surface area contributed by atoms with Gasteiger partial charge < -0.3 is 39.7 Å². The van der Waals surface area contributed by atoms with Gasteiger partial charge >= 0.3 is 19.4 Å². The van der Waals surface area contributed by atoms with E-state index in [1.165, 1.54) is 66.7 Å². The van der Waals surface area contributed by atoms with Gasteiger partial charge in [-0.25, -0.2) is 14.2 Å². The van der Waals surface area contributed by atoms with Crippen molar-refractivity contribution in [1.29, 1.82) is 0 Å². The number of aromatic carboxylic acids is 1. The second-order valence-corrected chi connectivity index (χ2v) is 17.4. The molecule has 3 aromatic carbocycles. The second kappa shape index (κ2) is 17.4. The van der Waals surface area contributed by atoms with Crippen LogP contribution in [0.3, 0.4) is 0 Å². The number of amides is 2. The third kappa shape index (κ3) is 9.39. The van der Waals surface area contributed by atoms with Crippen LogP contribution in [-0.2, 0) is 24.8 Å². The topological polar surface area (TPSA) is 252 Å². The lowest BCUT2D eigenvalue weighted by atomic mass is 9.89. The van der Waals surface area contributed by atoms with E-state index in [-0.39, 0.29) is 80.0 Å². The first kappa shape index (κ1) is 42.7. The Morgan fingerprint density at radius 2 is 1.40 bits per heavy atom. The monoisotopic (exact) mass is 886 g/mol. The summed E-state index contributed by atoms with van der Waals surface area (Å²) in [6.45, 7) is 0. The lowest BCUT2D eigenvalue weighted by Crippen LogP contribution is -2.40. The molecule has 1 atom stereocenters. The Bertz CT molecular complexity index is 2880. The first-order valence-electron chi connectivity index (χ1n) is 19.9. The van der Waals surface area contributed by atoms with Crippen LogP contribution in [0.2, 0.25) is 5.02 Å². The van der Waals surface area contributed by atoms with Crippen LogP contribution < -0.4 is 21.7 Å². The molecule has 3 aliphatic carbocycles. The summed E-state index contributed by atoms with van der Waals surface area (Å²) >= 11 is 6.04. The molecule has 8 rings (SSSR count). The summed E-state index contributed by atoms with van der Waals surface area (Å²) in [5.41, 5.74) is 0.816. The highest BCUT2D eigenvalue weighted by atomic mass is 35.5. The first-order chi connectivity index (χ1) is 29.6. The molecule has 18 heteroatoms. The molecule has 62 heavy (non-hydrogen) atoms. The van der Waals surface area contributed by atoms with Crippen molar-refractivity contribution in [2.45, 2.75) is 82.1 Å². The second-order valence-electron chi connectivity index (χ2n) is 15.6. The summed E-state index contributed by atoms with van der Waals surface area (Å²) in [7, 11) is -4.47. The summed E-state index contributed by atoms with van der Waals surface area (Å²) in [5, 5.41) is 37.0. The van der Waals surface area contributed by atoms with Crippen molar-refractivity contribution in [3.63, 3.8) is 0 Å². The minimum atomic E-state index is -4.47. The average molecular weight is 887 g/mol. The predicted octanol–water partition coefficient (Wildman–Crippen LogP) is 7.28. The van der Waals surface area contributed by atoms with Gasteiger partial charge in [0.05, 0.1) is 29.2 Å². The Labute approximate surface area is 357 Å². The molecule has 16 nitrogen and oxygen atoms in total. The molecule has 0 spiro atoms. The quantitative estimate of drug-likeness (QED) is 0.0425. The third-order valence-electron chi connectivity index (χ3n) is 11.3. The highest BCUT2D eigenvalue weighted by Crippen LogP contribution is 2.50. The Morgan fingerprint density at radius 3 is 2.08 bits per heavy atom. The number of aromatic hydroxyl groups is 2. The van der Waals surface area contributed by atoms with Gasteiger partial charge in [-0.2, -0.15) is 0 Å². The van der Waals surface area contributed by atoms with Crippen molar-refractivity contribution < 1.29 is 57.0 Å². The first-order valence-corrected chi connectivity index (χ1v) is 21.8. The number of phosphoric ester groups is 1. The number of benzene rings is 4. The number of nitrogens with one attached hydrogen (secondary N) is 2. The maximum atomic E-state index is 13.6. The van der Waals surface area contributed by atoms with E-state index in [1.807, 2.05) is 0 Å². The molecule has 0 saturated heterocycles. The summed E-state index contributed by atoms with van der Waals surface area (Å²) < 4.78 is 35.3. The van der Waals surface area contributed by atoms with Crippen molar-refractivity contribution in [3.8, 4) is 33.9 Å². The van der Waals surface area contributed by atoms with Gasteiger partial charge in [0.2, 0.25) is 5.91 Å². The Hall–Kier alpha value is -6.03. The number of halogens is 1. The Balaban J connectivity index is 0.845. The molecule has 1 unspecified atom stereocenters. The summed E-state index contributed by atoms with van der Waals surface area (Å²) in [5.74, 6) is -2.23.